The van der Waals surface area contributed by atoms with Crippen LogP contribution in [-0.2, 0) is 4.79 Å². The number of hydrogen-bond donors (Lipinski definition) is 1. The van der Waals surface area contributed by atoms with E-state index in [9.17, 15) is 9.90 Å². The predicted octanol–water partition coefficient (Wildman–Crippen LogP) is 3.66. The molecule has 0 spiro atoms. The first kappa shape index (κ1) is 15.0. The van der Waals surface area contributed by atoms with Gasteiger partial charge in [-0.1, -0.05) is 40.9 Å². The summed E-state index contributed by atoms with van der Waals surface area (Å²) in [6, 6.07) is 8.16. The van der Waals surface area contributed by atoms with Gasteiger partial charge in [-0.15, -0.1) is 0 Å². The zero-order chi connectivity index (χ0) is 15.0. The molecule has 1 amide bonds. The number of carbonyl (C=O) groups is 1. The van der Waals surface area contributed by atoms with Crippen LogP contribution in [0.2, 0.25) is 0 Å². The highest BCUT2D eigenvalue weighted by Crippen LogP contribution is 2.49. The molecule has 1 aromatic rings. The minimum atomic E-state index is -0.600. The van der Waals surface area contributed by atoms with E-state index in [2.05, 4.69) is 28.1 Å². The molecule has 1 heterocycles. The number of rotatable bonds is 1. The maximum atomic E-state index is 12.1. The summed E-state index contributed by atoms with van der Waals surface area (Å²) in [4.78, 5) is 14.0. The van der Waals surface area contributed by atoms with Crippen molar-refractivity contribution in [2.75, 3.05) is 6.54 Å². The first-order valence-corrected chi connectivity index (χ1v) is 8.56. The van der Waals surface area contributed by atoms with Crippen LogP contribution in [0.25, 0.3) is 0 Å². The maximum Gasteiger partial charge on any atom is 0.219 e. The second-order valence-electron chi connectivity index (χ2n) is 6.42. The minimum Gasteiger partial charge on any atom is -0.389 e. The third-order valence-electron chi connectivity index (χ3n) is 5.16. The zero-order valence-corrected chi connectivity index (χ0v) is 14.0. The third kappa shape index (κ3) is 2.76. The SMILES string of the molecule is CC(=O)N1CCC2(O)CCCCC2C1c1cccc(Br)c1. The molecule has 21 heavy (non-hydrogen) atoms. The molecular formula is C17H22BrNO2. The number of nitrogens with zero attached hydrogens (tertiary/aromatic N) is 1. The Bertz CT molecular complexity index is 547. The van der Waals surface area contributed by atoms with Gasteiger partial charge in [0.05, 0.1) is 11.6 Å². The van der Waals surface area contributed by atoms with Crippen LogP contribution in [0.3, 0.4) is 0 Å². The van der Waals surface area contributed by atoms with Crippen LogP contribution in [0.5, 0.6) is 0 Å². The van der Waals surface area contributed by atoms with Crippen molar-refractivity contribution < 1.29 is 9.90 Å². The Morgan fingerprint density at radius 2 is 2.19 bits per heavy atom. The Labute approximate surface area is 134 Å². The van der Waals surface area contributed by atoms with Gasteiger partial charge >= 0.3 is 0 Å². The molecule has 1 saturated carbocycles. The summed E-state index contributed by atoms with van der Waals surface area (Å²) in [5.74, 6) is 0.255. The molecule has 114 valence electrons. The molecule has 1 aliphatic carbocycles. The number of amides is 1. The van der Waals surface area contributed by atoms with Crippen LogP contribution in [0.1, 0.15) is 50.6 Å². The Morgan fingerprint density at radius 3 is 2.90 bits per heavy atom. The standard InChI is InChI=1S/C17H22BrNO2/c1-12(20)19-10-9-17(21)8-3-2-7-15(17)16(19)13-5-4-6-14(18)11-13/h4-6,11,15-16,21H,2-3,7-10H2,1H3. The molecule has 0 aromatic heterocycles. The normalized spacial score (nSPS) is 32.6. The molecule has 0 radical (unpaired) electrons. The number of likely N-dealkylation sites (tertiary alicyclic amines) is 1. The molecule has 3 rings (SSSR count). The van der Waals surface area contributed by atoms with Gasteiger partial charge in [-0.25, -0.2) is 0 Å². The summed E-state index contributed by atoms with van der Waals surface area (Å²) in [5, 5.41) is 11.0. The lowest BCUT2D eigenvalue weighted by Crippen LogP contribution is -2.55. The molecule has 1 aromatic carbocycles. The number of piperidine rings is 1. The van der Waals surface area contributed by atoms with Gasteiger partial charge in [-0.2, -0.15) is 0 Å². The third-order valence-corrected chi connectivity index (χ3v) is 5.66. The van der Waals surface area contributed by atoms with Gasteiger partial charge in [0, 0.05) is 23.9 Å². The van der Waals surface area contributed by atoms with Crippen molar-refractivity contribution in [2.24, 2.45) is 5.92 Å². The highest BCUT2D eigenvalue weighted by atomic mass is 79.9. The fourth-order valence-corrected chi connectivity index (χ4v) is 4.55. The Hall–Kier alpha value is -0.870. The lowest BCUT2D eigenvalue weighted by atomic mass is 9.66. The number of hydrogen-bond acceptors (Lipinski definition) is 2. The van der Waals surface area contributed by atoms with Gasteiger partial charge in [-0.3, -0.25) is 4.79 Å². The monoisotopic (exact) mass is 351 g/mol. The highest BCUT2D eigenvalue weighted by molar-refractivity contribution is 9.10. The average molecular weight is 352 g/mol. The van der Waals surface area contributed by atoms with Crippen LogP contribution in [0, 0.1) is 5.92 Å². The van der Waals surface area contributed by atoms with Gasteiger partial charge in [0.25, 0.3) is 0 Å². The van der Waals surface area contributed by atoms with Gasteiger partial charge < -0.3 is 10.0 Å². The topological polar surface area (TPSA) is 40.5 Å². The maximum absolute atomic E-state index is 12.1. The van der Waals surface area contributed by atoms with Crippen LogP contribution in [0.15, 0.2) is 28.7 Å². The van der Waals surface area contributed by atoms with Gasteiger partial charge in [-0.05, 0) is 37.0 Å². The Kier molecular flexibility index (Phi) is 4.10. The molecule has 3 unspecified atom stereocenters. The number of aliphatic hydroxyl groups is 1. The summed E-state index contributed by atoms with van der Waals surface area (Å²) in [6.07, 6.45) is 4.81. The number of fused-ring (bicyclic) bond motifs is 1. The zero-order valence-electron chi connectivity index (χ0n) is 12.4. The molecule has 2 fully saturated rings. The molecule has 1 aliphatic heterocycles. The second kappa shape index (κ2) is 5.73. The van der Waals surface area contributed by atoms with E-state index in [1.54, 1.807) is 6.92 Å². The molecule has 3 atom stereocenters. The quantitative estimate of drug-likeness (QED) is 0.838. The summed E-state index contributed by atoms with van der Waals surface area (Å²) in [7, 11) is 0. The molecule has 0 bridgehead atoms. The first-order chi connectivity index (χ1) is 10.0. The van der Waals surface area contributed by atoms with Gasteiger partial charge in [0.15, 0.2) is 0 Å². The lowest BCUT2D eigenvalue weighted by Gasteiger charge is -2.52. The second-order valence-corrected chi connectivity index (χ2v) is 7.33. The molecule has 3 nitrogen and oxygen atoms in total. The van der Waals surface area contributed by atoms with Crippen molar-refractivity contribution in [3.05, 3.63) is 34.3 Å². The Balaban J connectivity index is 2.02. The van der Waals surface area contributed by atoms with E-state index >= 15 is 0 Å². The summed E-state index contributed by atoms with van der Waals surface area (Å²) in [5.41, 5.74) is 0.529. The van der Waals surface area contributed by atoms with E-state index in [4.69, 9.17) is 0 Å². The van der Waals surface area contributed by atoms with Crippen molar-refractivity contribution in [1.82, 2.24) is 4.90 Å². The van der Waals surface area contributed by atoms with E-state index < -0.39 is 5.60 Å². The van der Waals surface area contributed by atoms with Crippen LogP contribution < -0.4 is 0 Å². The molecule has 2 aliphatic rings. The summed E-state index contributed by atoms with van der Waals surface area (Å²) in [6.45, 7) is 2.29. The number of carbonyl (C=O) groups excluding carboxylic acids is 1. The first-order valence-electron chi connectivity index (χ1n) is 7.76. The average Bonchev–Trinajstić information content (AvgIpc) is 2.45. The lowest BCUT2D eigenvalue weighted by molar-refractivity contribution is -0.153. The van der Waals surface area contributed by atoms with E-state index in [0.29, 0.717) is 13.0 Å². The van der Waals surface area contributed by atoms with Crippen molar-refractivity contribution in [2.45, 2.75) is 50.7 Å². The summed E-state index contributed by atoms with van der Waals surface area (Å²) >= 11 is 3.52. The van der Waals surface area contributed by atoms with Crippen molar-refractivity contribution in [1.29, 1.82) is 0 Å². The molecule has 1 N–H and O–H groups in total. The molecular weight excluding hydrogens is 330 g/mol. The fourth-order valence-electron chi connectivity index (χ4n) is 4.14. The van der Waals surface area contributed by atoms with Gasteiger partial charge in [0.1, 0.15) is 0 Å². The highest BCUT2D eigenvalue weighted by Gasteiger charge is 2.49. The molecule has 1 saturated heterocycles. The molecule has 4 heteroatoms. The van der Waals surface area contributed by atoms with Crippen LogP contribution in [-0.4, -0.2) is 28.1 Å². The van der Waals surface area contributed by atoms with E-state index in [1.165, 1.54) is 0 Å². The fraction of sp³-hybridized carbons (Fsp3) is 0.588. The van der Waals surface area contributed by atoms with E-state index in [0.717, 1.165) is 35.7 Å². The predicted molar refractivity (Wildman–Crippen MR) is 85.8 cm³/mol. The van der Waals surface area contributed by atoms with Gasteiger partial charge in [0.2, 0.25) is 5.91 Å². The largest absolute Gasteiger partial charge is 0.389 e. The van der Waals surface area contributed by atoms with E-state index in [1.807, 2.05) is 17.0 Å². The minimum absolute atomic E-state index is 0.000880. The number of halogens is 1. The van der Waals surface area contributed by atoms with E-state index in [-0.39, 0.29) is 17.9 Å². The van der Waals surface area contributed by atoms with Crippen molar-refractivity contribution in [3.8, 4) is 0 Å². The summed E-state index contributed by atoms with van der Waals surface area (Å²) < 4.78 is 1.02. The number of benzene rings is 1. The van der Waals surface area contributed by atoms with Crippen molar-refractivity contribution in [3.63, 3.8) is 0 Å². The Morgan fingerprint density at radius 1 is 1.38 bits per heavy atom. The van der Waals surface area contributed by atoms with Crippen molar-refractivity contribution >= 4 is 21.8 Å². The smallest absolute Gasteiger partial charge is 0.219 e. The van der Waals surface area contributed by atoms with Crippen LogP contribution >= 0.6 is 15.9 Å². The van der Waals surface area contributed by atoms with Crippen LogP contribution in [0.4, 0.5) is 0 Å².